The molecule has 22 heavy (non-hydrogen) atoms. The molecule has 6 heteroatoms. The molecule has 3 atom stereocenters. The topological polar surface area (TPSA) is 86.7 Å². The first-order chi connectivity index (χ1) is 10.4. The highest BCUT2D eigenvalue weighted by Gasteiger charge is 2.43. The van der Waals surface area contributed by atoms with E-state index in [-0.39, 0.29) is 29.6 Å². The van der Waals surface area contributed by atoms with Gasteiger partial charge in [0.05, 0.1) is 11.8 Å². The van der Waals surface area contributed by atoms with Crippen molar-refractivity contribution in [2.45, 2.75) is 39.5 Å². The Balaban J connectivity index is 1.84. The number of nitrogens with one attached hydrogen (secondary N) is 1. The fourth-order valence-electron chi connectivity index (χ4n) is 3.21. The molecule has 0 spiro atoms. The van der Waals surface area contributed by atoms with Crippen LogP contribution in [-0.2, 0) is 14.4 Å². The maximum Gasteiger partial charge on any atom is 0.307 e. The number of rotatable bonds is 5. The van der Waals surface area contributed by atoms with E-state index in [0.717, 1.165) is 12.8 Å². The van der Waals surface area contributed by atoms with Gasteiger partial charge in [-0.05, 0) is 31.6 Å². The molecule has 2 fully saturated rings. The summed E-state index contributed by atoms with van der Waals surface area (Å²) in [6.45, 7) is 5.63. The van der Waals surface area contributed by atoms with Gasteiger partial charge in [-0.15, -0.1) is 0 Å². The predicted octanol–water partition coefficient (Wildman–Crippen LogP) is 1.11. The van der Waals surface area contributed by atoms with E-state index in [0.29, 0.717) is 32.5 Å². The Hall–Kier alpha value is -1.59. The molecule has 0 aromatic rings. The van der Waals surface area contributed by atoms with Crippen LogP contribution >= 0.6 is 0 Å². The van der Waals surface area contributed by atoms with E-state index in [4.69, 9.17) is 5.11 Å². The number of carbonyl (C=O) groups excluding carboxylic acids is 2. The Morgan fingerprint density at radius 1 is 1.18 bits per heavy atom. The van der Waals surface area contributed by atoms with Crippen molar-refractivity contribution in [2.75, 3.05) is 19.6 Å². The highest BCUT2D eigenvalue weighted by atomic mass is 16.4. The lowest BCUT2D eigenvalue weighted by molar-refractivity contribution is -0.157. The summed E-state index contributed by atoms with van der Waals surface area (Å²) in [5, 5.41) is 12.0. The van der Waals surface area contributed by atoms with Gasteiger partial charge in [0.2, 0.25) is 11.8 Å². The molecule has 1 saturated heterocycles. The number of hydrogen-bond donors (Lipinski definition) is 2. The second-order valence-electron chi connectivity index (χ2n) is 6.82. The minimum absolute atomic E-state index is 0.0152. The van der Waals surface area contributed by atoms with Gasteiger partial charge in [0.25, 0.3) is 0 Å². The van der Waals surface area contributed by atoms with E-state index >= 15 is 0 Å². The van der Waals surface area contributed by atoms with Gasteiger partial charge in [-0.2, -0.15) is 0 Å². The van der Waals surface area contributed by atoms with Crippen LogP contribution < -0.4 is 5.32 Å². The predicted molar refractivity (Wildman–Crippen MR) is 81.0 cm³/mol. The Kier molecular flexibility index (Phi) is 5.42. The molecule has 2 amide bonds. The number of nitrogens with zero attached hydrogens (tertiary/aromatic N) is 1. The minimum Gasteiger partial charge on any atom is -0.481 e. The first-order valence-electron chi connectivity index (χ1n) is 8.19. The normalized spacial score (nSPS) is 28.1. The second-order valence-corrected chi connectivity index (χ2v) is 6.82. The highest BCUT2D eigenvalue weighted by molar-refractivity contribution is 5.86. The number of piperidine rings is 1. The molecule has 0 aromatic heterocycles. The third kappa shape index (κ3) is 3.78. The summed E-state index contributed by atoms with van der Waals surface area (Å²) in [5.74, 6) is -1.46. The van der Waals surface area contributed by atoms with Crippen molar-refractivity contribution in [3.63, 3.8) is 0 Å². The Labute approximate surface area is 131 Å². The third-order valence-electron chi connectivity index (χ3n) is 4.83. The van der Waals surface area contributed by atoms with Gasteiger partial charge in [-0.3, -0.25) is 14.4 Å². The molecule has 1 aliphatic carbocycles. The standard InChI is InChI=1S/C16H26N2O4/c1-10(2)14(19)17-8-11-4-3-7-18(9-11)15(20)12-5-6-13(12)16(21)22/h10-13H,3-9H2,1-2H3,(H,17,19)(H,21,22). The van der Waals surface area contributed by atoms with Crippen LogP contribution in [0.5, 0.6) is 0 Å². The molecular weight excluding hydrogens is 284 g/mol. The fraction of sp³-hybridized carbons (Fsp3) is 0.812. The molecule has 1 saturated carbocycles. The van der Waals surface area contributed by atoms with Crippen LogP contribution in [0.15, 0.2) is 0 Å². The first kappa shape index (κ1) is 16.8. The average molecular weight is 310 g/mol. The van der Waals surface area contributed by atoms with Gasteiger partial charge >= 0.3 is 5.97 Å². The van der Waals surface area contributed by atoms with Crippen molar-refractivity contribution in [1.82, 2.24) is 10.2 Å². The summed E-state index contributed by atoms with van der Waals surface area (Å²) in [7, 11) is 0. The number of carboxylic acid groups (broad SMARTS) is 1. The number of likely N-dealkylation sites (tertiary alicyclic amines) is 1. The Morgan fingerprint density at radius 2 is 1.86 bits per heavy atom. The van der Waals surface area contributed by atoms with Gasteiger partial charge in [-0.1, -0.05) is 13.8 Å². The molecule has 0 bridgehead atoms. The van der Waals surface area contributed by atoms with Gasteiger partial charge in [0.1, 0.15) is 0 Å². The lowest BCUT2D eigenvalue weighted by atomic mass is 9.72. The molecule has 1 aliphatic heterocycles. The van der Waals surface area contributed by atoms with Crippen LogP contribution in [0.1, 0.15) is 39.5 Å². The summed E-state index contributed by atoms with van der Waals surface area (Å²) in [6.07, 6.45) is 3.20. The van der Waals surface area contributed by atoms with Crippen LogP contribution in [0, 0.1) is 23.7 Å². The van der Waals surface area contributed by atoms with Crippen LogP contribution in [-0.4, -0.2) is 47.4 Å². The quantitative estimate of drug-likeness (QED) is 0.796. The van der Waals surface area contributed by atoms with E-state index in [9.17, 15) is 14.4 Å². The van der Waals surface area contributed by atoms with E-state index in [2.05, 4.69) is 5.32 Å². The lowest BCUT2D eigenvalue weighted by Crippen LogP contribution is -2.50. The number of aliphatic carboxylic acids is 1. The molecule has 1 heterocycles. The van der Waals surface area contributed by atoms with E-state index in [1.54, 1.807) is 4.90 Å². The second kappa shape index (κ2) is 7.11. The number of carbonyl (C=O) groups is 3. The summed E-state index contributed by atoms with van der Waals surface area (Å²) < 4.78 is 0. The summed E-state index contributed by atoms with van der Waals surface area (Å²) in [5.41, 5.74) is 0. The van der Waals surface area contributed by atoms with Crippen LogP contribution in [0.2, 0.25) is 0 Å². The molecule has 6 nitrogen and oxygen atoms in total. The van der Waals surface area contributed by atoms with Crippen LogP contribution in [0.4, 0.5) is 0 Å². The SMILES string of the molecule is CC(C)C(=O)NCC1CCCN(C(=O)C2CCC2C(=O)O)C1. The first-order valence-corrected chi connectivity index (χ1v) is 8.19. The zero-order valence-electron chi connectivity index (χ0n) is 13.4. The van der Waals surface area contributed by atoms with Crippen molar-refractivity contribution >= 4 is 17.8 Å². The number of hydrogen-bond acceptors (Lipinski definition) is 3. The van der Waals surface area contributed by atoms with E-state index in [1.165, 1.54) is 0 Å². The monoisotopic (exact) mass is 310 g/mol. The average Bonchev–Trinajstić information content (AvgIpc) is 2.43. The van der Waals surface area contributed by atoms with E-state index in [1.807, 2.05) is 13.8 Å². The fourth-order valence-corrected chi connectivity index (χ4v) is 3.21. The molecule has 124 valence electrons. The largest absolute Gasteiger partial charge is 0.481 e. The maximum absolute atomic E-state index is 12.5. The molecule has 0 radical (unpaired) electrons. The molecule has 2 rings (SSSR count). The zero-order valence-corrected chi connectivity index (χ0v) is 13.4. The van der Waals surface area contributed by atoms with Crippen molar-refractivity contribution in [2.24, 2.45) is 23.7 Å². The molecule has 2 N–H and O–H groups in total. The van der Waals surface area contributed by atoms with Crippen molar-refractivity contribution in [1.29, 1.82) is 0 Å². The molecule has 2 aliphatic rings. The maximum atomic E-state index is 12.5. The van der Waals surface area contributed by atoms with Gasteiger partial charge < -0.3 is 15.3 Å². The smallest absolute Gasteiger partial charge is 0.307 e. The van der Waals surface area contributed by atoms with Gasteiger partial charge in [0, 0.05) is 25.6 Å². The van der Waals surface area contributed by atoms with Crippen molar-refractivity contribution in [3.05, 3.63) is 0 Å². The van der Waals surface area contributed by atoms with Crippen LogP contribution in [0.3, 0.4) is 0 Å². The van der Waals surface area contributed by atoms with Crippen molar-refractivity contribution in [3.8, 4) is 0 Å². The van der Waals surface area contributed by atoms with Gasteiger partial charge in [0.15, 0.2) is 0 Å². The summed E-state index contributed by atoms with van der Waals surface area (Å²) in [4.78, 5) is 37.0. The van der Waals surface area contributed by atoms with E-state index < -0.39 is 11.9 Å². The summed E-state index contributed by atoms with van der Waals surface area (Å²) in [6, 6.07) is 0. The van der Waals surface area contributed by atoms with Crippen molar-refractivity contribution < 1.29 is 19.5 Å². The highest BCUT2D eigenvalue weighted by Crippen LogP contribution is 2.36. The third-order valence-corrected chi connectivity index (χ3v) is 4.83. The minimum atomic E-state index is -0.859. The number of carboxylic acids is 1. The summed E-state index contributed by atoms with van der Waals surface area (Å²) >= 11 is 0. The molecular formula is C16H26N2O4. The molecule has 3 unspecified atom stereocenters. The zero-order chi connectivity index (χ0) is 16.3. The molecule has 0 aromatic carbocycles. The Morgan fingerprint density at radius 3 is 2.41 bits per heavy atom. The lowest BCUT2D eigenvalue weighted by Gasteiger charge is -2.39. The van der Waals surface area contributed by atoms with Gasteiger partial charge in [-0.25, -0.2) is 0 Å². The number of amides is 2. The Bertz CT molecular complexity index is 449. The van der Waals surface area contributed by atoms with Crippen LogP contribution in [0.25, 0.3) is 0 Å².